The topological polar surface area (TPSA) is 33.1 Å². The van der Waals surface area contributed by atoms with Gasteiger partial charge in [-0.25, -0.2) is 0 Å². The van der Waals surface area contributed by atoms with Crippen LogP contribution in [0, 0.1) is 5.92 Å². The van der Waals surface area contributed by atoms with Crippen molar-refractivity contribution in [1.82, 2.24) is 4.98 Å². The van der Waals surface area contributed by atoms with Gasteiger partial charge in [-0.1, -0.05) is 19.9 Å². The summed E-state index contributed by atoms with van der Waals surface area (Å²) < 4.78 is 0. The Kier molecular flexibility index (Phi) is 3.04. The van der Waals surface area contributed by atoms with E-state index in [-0.39, 0.29) is 5.92 Å². The third-order valence-corrected chi connectivity index (χ3v) is 2.51. The van der Waals surface area contributed by atoms with Crippen molar-refractivity contribution < 1.29 is 5.11 Å². The van der Waals surface area contributed by atoms with Gasteiger partial charge >= 0.3 is 0 Å². The highest BCUT2D eigenvalue weighted by molar-refractivity contribution is 5.06. The fourth-order valence-electron chi connectivity index (χ4n) is 1.07. The lowest BCUT2D eigenvalue weighted by Gasteiger charge is -2.27. The zero-order valence-corrected chi connectivity index (χ0v) is 8.49. The molecule has 0 aliphatic heterocycles. The molecule has 1 aromatic heterocycles. The summed E-state index contributed by atoms with van der Waals surface area (Å²) in [7, 11) is 0. The van der Waals surface area contributed by atoms with Crippen LogP contribution in [0.15, 0.2) is 24.4 Å². The summed E-state index contributed by atoms with van der Waals surface area (Å²) >= 11 is 0. The van der Waals surface area contributed by atoms with Gasteiger partial charge in [-0.2, -0.15) is 0 Å². The first kappa shape index (κ1) is 10.2. The number of aromatic nitrogens is 1. The van der Waals surface area contributed by atoms with E-state index in [2.05, 4.69) is 4.98 Å². The lowest BCUT2D eigenvalue weighted by Crippen LogP contribution is -2.33. The van der Waals surface area contributed by atoms with Crippen LogP contribution in [0.1, 0.15) is 26.5 Å². The van der Waals surface area contributed by atoms with E-state index in [1.807, 2.05) is 39.0 Å². The summed E-state index contributed by atoms with van der Waals surface area (Å²) in [4.78, 5) is 4.19. The van der Waals surface area contributed by atoms with Crippen LogP contribution in [-0.4, -0.2) is 15.7 Å². The van der Waals surface area contributed by atoms with E-state index >= 15 is 0 Å². The summed E-state index contributed by atoms with van der Waals surface area (Å²) in [5.74, 6) is 0.245. The van der Waals surface area contributed by atoms with E-state index < -0.39 is 5.60 Å². The summed E-state index contributed by atoms with van der Waals surface area (Å²) in [6.07, 6.45) is 2.37. The van der Waals surface area contributed by atoms with E-state index in [1.165, 1.54) is 0 Å². The van der Waals surface area contributed by atoms with Crippen molar-refractivity contribution in [2.24, 2.45) is 5.92 Å². The van der Waals surface area contributed by atoms with E-state index in [0.717, 1.165) is 5.69 Å². The molecule has 0 saturated heterocycles. The Labute approximate surface area is 79.6 Å². The lowest BCUT2D eigenvalue weighted by atomic mass is 9.88. The van der Waals surface area contributed by atoms with Crippen LogP contribution in [0.4, 0.5) is 0 Å². The van der Waals surface area contributed by atoms with Gasteiger partial charge in [0.1, 0.15) is 0 Å². The Morgan fingerprint density at radius 1 is 1.46 bits per heavy atom. The van der Waals surface area contributed by atoms with Gasteiger partial charge in [0.25, 0.3) is 0 Å². The van der Waals surface area contributed by atoms with Crippen molar-refractivity contribution in [2.45, 2.75) is 32.8 Å². The van der Waals surface area contributed by atoms with Crippen molar-refractivity contribution in [3.63, 3.8) is 0 Å². The second kappa shape index (κ2) is 3.88. The molecule has 0 aliphatic rings. The number of hydrogen-bond acceptors (Lipinski definition) is 2. The quantitative estimate of drug-likeness (QED) is 0.770. The Morgan fingerprint density at radius 2 is 2.15 bits per heavy atom. The molecule has 0 aliphatic carbocycles. The second-order valence-corrected chi connectivity index (χ2v) is 4.01. The average molecular weight is 179 g/mol. The summed E-state index contributed by atoms with van der Waals surface area (Å²) in [6.45, 7) is 5.89. The standard InChI is InChI=1S/C11H17NO/c1-9(2)11(3,13)8-10-6-4-5-7-12-10/h4-7,9,13H,8H2,1-3H3. The predicted molar refractivity (Wildman–Crippen MR) is 53.4 cm³/mol. The van der Waals surface area contributed by atoms with Gasteiger partial charge in [0.2, 0.25) is 0 Å². The molecule has 1 unspecified atom stereocenters. The van der Waals surface area contributed by atoms with Crippen molar-refractivity contribution in [3.05, 3.63) is 30.1 Å². The largest absolute Gasteiger partial charge is 0.390 e. The maximum absolute atomic E-state index is 10.0. The molecule has 1 N–H and O–H groups in total. The van der Waals surface area contributed by atoms with Gasteiger partial charge in [-0.05, 0) is 25.0 Å². The first-order valence-corrected chi connectivity index (χ1v) is 4.64. The van der Waals surface area contributed by atoms with Crippen LogP contribution in [-0.2, 0) is 6.42 Å². The van der Waals surface area contributed by atoms with Crippen molar-refractivity contribution in [2.75, 3.05) is 0 Å². The molecule has 72 valence electrons. The minimum atomic E-state index is -0.658. The van der Waals surface area contributed by atoms with E-state index in [0.29, 0.717) is 6.42 Å². The predicted octanol–water partition coefficient (Wildman–Crippen LogP) is 2.03. The molecule has 0 radical (unpaired) electrons. The molecule has 0 bridgehead atoms. The van der Waals surface area contributed by atoms with Gasteiger partial charge in [0.15, 0.2) is 0 Å². The summed E-state index contributed by atoms with van der Waals surface area (Å²) in [5.41, 5.74) is 0.287. The minimum absolute atomic E-state index is 0.245. The first-order valence-electron chi connectivity index (χ1n) is 4.64. The molecule has 0 amide bonds. The molecule has 0 aromatic carbocycles. The smallest absolute Gasteiger partial charge is 0.0697 e. The maximum atomic E-state index is 10.0. The van der Waals surface area contributed by atoms with E-state index in [9.17, 15) is 5.11 Å². The van der Waals surface area contributed by atoms with Gasteiger partial charge in [0, 0.05) is 18.3 Å². The molecule has 13 heavy (non-hydrogen) atoms. The van der Waals surface area contributed by atoms with Crippen LogP contribution in [0.2, 0.25) is 0 Å². The number of hydrogen-bond donors (Lipinski definition) is 1. The first-order chi connectivity index (χ1) is 6.02. The highest BCUT2D eigenvalue weighted by Gasteiger charge is 2.25. The zero-order chi connectivity index (χ0) is 9.90. The molecule has 2 nitrogen and oxygen atoms in total. The van der Waals surface area contributed by atoms with Gasteiger partial charge in [0.05, 0.1) is 5.60 Å². The van der Waals surface area contributed by atoms with E-state index in [4.69, 9.17) is 0 Å². The Bertz CT molecular complexity index is 254. The maximum Gasteiger partial charge on any atom is 0.0697 e. The molecule has 0 fully saturated rings. The molecule has 0 spiro atoms. The summed E-state index contributed by atoms with van der Waals surface area (Å²) in [5, 5.41) is 10.0. The third-order valence-electron chi connectivity index (χ3n) is 2.51. The summed E-state index contributed by atoms with van der Waals surface area (Å²) in [6, 6.07) is 5.77. The van der Waals surface area contributed by atoms with Crippen molar-refractivity contribution in [1.29, 1.82) is 0 Å². The molecule has 2 heteroatoms. The SMILES string of the molecule is CC(C)C(C)(O)Cc1ccccn1. The van der Waals surface area contributed by atoms with Crippen LogP contribution < -0.4 is 0 Å². The molecule has 1 aromatic rings. The molecule has 1 rings (SSSR count). The fraction of sp³-hybridized carbons (Fsp3) is 0.545. The van der Waals surface area contributed by atoms with Gasteiger partial charge in [-0.15, -0.1) is 0 Å². The highest BCUT2D eigenvalue weighted by Crippen LogP contribution is 2.20. The fourth-order valence-corrected chi connectivity index (χ4v) is 1.07. The highest BCUT2D eigenvalue weighted by atomic mass is 16.3. The molecule has 1 heterocycles. The minimum Gasteiger partial charge on any atom is -0.390 e. The van der Waals surface area contributed by atoms with Crippen LogP contribution >= 0.6 is 0 Å². The van der Waals surface area contributed by atoms with Crippen molar-refractivity contribution in [3.8, 4) is 0 Å². The van der Waals surface area contributed by atoms with Crippen LogP contribution in [0.3, 0.4) is 0 Å². The molecule has 1 atom stereocenters. The van der Waals surface area contributed by atoms with Gasteiger partial charge < -0.3 is 5.11 Å². The molecular formula is C11H17NO. The van der Waals surface area contributed by atoms with Crippen LogP contribution in [0.5, 0.6) is 0 Å². The normalized spacial score (nSPS) is 15.8. The Hall–Kier alpha value is -0.890. The zero-order valence-electron chi connectivity index (χ0n) is 8.49. The Morgan fingerprint density at radius 3 is 2.62 bits per heavy atom. The molecular weight excluding hydrogens is 162 g/mol. The lowest BCUT2D eigenvalue weighted by molar-refractivity contribution is 0.0131. The number of rotatable bonds is 3. The number of nitrogens with zero attached hydrogens (tertiary/aromatic N) is 1. The third kappa shape index (κ3) is 2.81. The number of pyridine rings is 1. The Balaban J connectivity index is 2.69. The van der Waals surface area contributed by atoms with Crippen LogP contribution in [0.25, 0.3) is 0 Å². The molecule has 0 saturated carbocycles. The second-order valence-electron chi connectivity index (χ2n) is 4.01. The number of aliphatic hydroxyl groups is 1. The van der Waals surface area contributed by atoms with E-state index in [1.54, 1.807) is 6.20 Å². The average Bonchev–Trinajstić information content (AvgIpc) is 2.05. The monoisotopic (exact) mass is 179 g/mol. The van der Waals surface area contributed by atoms with Crippen molar-refractivity contribution >= 4 is 0 Å². The van der Waals surface area contributed by atoms with Gasteiger partial charge in [-0.3, -0.25) is 4.98 Å².